The normalized spacial score (nSPS) is 15.9. The van der Waals surface area contributed by atoms with Crippen LogP contribution in [0.1, 0.15) is 58.1 Å². The second-order valence-electron chi connectivity index (χ2n) is 21.2. The molecule has 12 rings (SSSR count). The molecule has 0 amide bonds. The number of rotatable bonds is 11. The number of hydrogen-bond donors (Lipinski definition) is 0. The van der Waals surface area contributed by atoms with Crippen molar-refractivity contribution in [3.05, 3.63) is 263 Å². The third-order valence-corrected chi connectivity index (χ3v) is 15.6. The molecule has 10 aromatic rings. The van der Waals surface area contributed by atoms with Crippen LogP contribution < -0.4 is 14.7 Å². The summed E-state index contributed by atoms with van der Waals surface area (Å²) in [4.78, 5) is 12.9. The second-order valence-corrected chi connectivity index (χ2v) is 21.2. The third kappa shape index (κ3) is 8.64. The van der Waals surface area contributed by atoms with Crippen LogP contribution in [-0.4, -0.2) is 4.98 Å². The number of aryl methyl sites for hydroxylation is 6. The fraction of sp³-hybridized carbons (Fsp3) is 0.157. The largest absolute Gasteiger partial charge is 0.314 e. The first-order valence-corrected chi connectivity index (χ1v) is 26.1. The molecule has 4 nitrogen and oxygen atoms in total. The van der Waals surface area contributed by atoms with Crippen molar-refractivity contribution in [3.8, 4) is 11.1 Å². The highest BCUT2D eigenvalue weighted by Gasteiger charge is 2.54. The maximum Gasteiger partial charge on any atom is 0.0488 e. The van der Waals surface area contributed by atoms with E-state index in [1.165, 1.54) is 77.6 Å². The van der Waals surface area contributed by atoms with Crippen LogP contribution in [0.15, 0.2) is 218 Å². The summed E-state index contributed by atoms with van der Waals surface area (Å²) in [6.07, 6.45) is 6.14. The van der Waals surface area contributed by atoms with Gasteiger partial charge in [-0.2, -0.15) is 0 Å². The lowest BCUT2D eigenvalue weighted by atomic mass is 9.85. The molecule has 1 fully saturated rings. The highest BCUT2D eigenvalue weighted by Crippen LogP contribution is 2.63. The van der Waals surface area contributed by atoms with E-state index in [2.05, 4.69) is 282 Å². The van der Waals surface area contributed by atoms with Gasteiger partial charge in [-0.25, -0.2) is 0 Å². The van der Waals surface area contributed by atoms with Gasteiger partial charge in [-0.15, -0.1) is 0 Å². The average molecular weight is 959 g/mol. The van der Waals surface area contributed by atoms with Crippen molar-refractivity contribution in [1.82, 2.24) is 4.98 Å². The van der Waals surface area contributed by atoms with Crippen LogP contribution in [0, 0.1) is 59.8 Å². The number of benzene rings is 9. The molecule has 0 aliphatic heterocycles. The molecule has 2 aliphatic rings. The standard InChI is InChI=1S/C70H62N4/c1-45-17-27-58(28-18-45)72(59-29-19-46(2)20-30-59)64-39-56(40-65(42-64)73(60-31-21-47(3)22-32-60)61-33-23-48(4)24-34-61)68-49(5)69(51(7)71-50(68)6)57-41-67(66-44-70(66,8)43-57)74(62-35-25-52-13-9-11-15-54(52)37-62)63-36-26-53-14-10-12-16-55(53)38-63/h9-43,66H,44H2,1-8H3. The van der Waals surface area contributed by atoms with Crippen molar-refractivity contribution in [2.24, 2.45) is 11.3 Å². The minimum atomic E-state index is -0.00642. The fourth-order valence-corrected chi connectivity index (χ4v) is 11.6. The zero-order chi connectivity index (χ0) is 50.8. The van der Waals surface area contributed by atoms with Gasteiger partial charge < -0.3 is 14.7 Å². The molecule has 0 spiro atoms. The molecule has 0 saturated heterocycles. The lowest BCUT2D eigenvalue weighted by Gasteiger charge is -2.32. The highest BCUT2D eigenvalue weighted by molar-refractivity contribution is 5.94. The molecule has 0 N–H and O–H groups in total. The third-order valence-electron chi connectivity index (χ3n) is 15.6. The summed E-state index contributed by atoms with van der Waals surface area (Å²) in [5.41, 5.74) is 23.0. The Kier molecular flexibility index (Phi) is 11.7. The topological polar surface area (TPSA) is 22.6 Å². The first-order valence-electron chi connectivity index (χ1n) is 26.1. The van der Waals surface area contributed by atoms with Crippen molar-refractivity contribution in [3.63, 3.8) is 0 Å². The van der Waals surface area contributed by atoms with Gasteiger partial charge in [0, 0.05) is 79.6 Å². The van der Waals surface area contributed by atoms with Gasteiger partial charge >= 0.3 is 0 Å². The summed E-state index contributed by atoms with van der Waals surface area (Å²) in [5.74, 6) is 0.367. The Morgan fingerprint density at radius 3 is 1.22 bits per heavy atom. The van der Waals surface area contributed by atoms with E-state index in [9.17, 15) is 0 Å². The zero-order valence-corrected chi connectivity index (χ0v) is 43.8. The van der Waals surface area contributed by atoms with E-state index in [4.69, 9.17) is 4.98 Å². The number of anilines is 8. The molecular weight excluding hydrogens is 897 g/mol. The number of allylic oxidation sites excluding steroid dienone is 4. The molecule has 0 radical (unpaired) electrons. The maximum absolute atomic E-state index is 5.51. The van der Waals surface area contributed by atoms with Gasteiger partial charge in [0.05, 0.1) is 0 Å². The Bertz CT molecular complexity index is 3560. The van der Waals surface area contributed by atoms with E-state index in [0.29, 0.717) is 5.92 Å². The lowest BCUT2D eigenvalue weighted by Crippen LogP contribution is -2.22. The molecule has 4 heteroatoms. The van der Waals surface area contributed by atoms with Crippen molar-refractivity contribution >= 4 is 72.6 Å². The van der Waals surface area contributed by atoms with E-state index in [1.54, 1.807) is 0 Å². The molecule has 74 heavy (non-hydrogen) atoms. The fourth-order valence-electron chi connectivity index (χ4n) is 11.6. The van der Waals surface area contributed by atoms with Crippen LogP contribution >= 0.6 is 0 Å². The smallest absolute Gasteiger partial charge is 0.0488 e. The quantitative estimate of drug-likeness (QED) is 0.129. The Hall–Kier alpha value is -8.47. The molecule has 2 aliphatic carbocycles. The van der Waals surface area contributed by atoms with E-state index in [1.807, 2.05) is 0 Å². The first kappa shape index (κ1) is 46.6. The van der Waals surface area contributed by atoms with Crippen LogP contribution in [-0.2, 0) is 0 Å². The van der Waals surface area contributed by atoms with Gasteiger partial charge in [-0.1, -0.05) is 144 Å². The summed E-state index contributed by atoms with van der Waals surface area (Å²) in [6, 6.07) is 74.0. The van der Waals surface area contributed by atoms with Crippen molar-refractivity contribution in [2.45, 2.75) is 61.8 Å². The van der Waals surface area contributed by atoms with Gasteiger partial charge in [0.2, 0.25) is 0 Å². The summed E-state index contributed by atoms with van der Waals surface area (Å²) in [6.45, 7) is 17.8. The van der Waals surface area contributed by atoms with Gasteiger partial charge in [0.1, 0.15) is 0 Å². The first-order chi connectivity index (χ1) is 35.9. The molecule has 1 saturated carbocycles. The Balaban J connectivity index is 1.07. The maximum atomic E-state index is 5.51. The zero-order valence-electron chi connectivity index (χ0n) is 43.8. The molecule has 2 unspecified atom stereocenters. The van der Waals surface area contributed by atoms with E-state index >= 15 is 0 Å². The number of hydrogen-bond acceptors (Lipinski definition) is 4. The SMILES string of the molecule is Cc1ccc(N(c2ccc(C)cc2)c2cc(-c3c(C)nc(C)c(C4=CC5(C)CC5C(N(c5ccc6ccccc6c5)c5ccc6ccccc6c5)=C4)c3C)cc(N(c3ccc(C)cc3)c3ccc(C)cc3)c2)cc1. The van der Waals surface area contributed by atoms with Crippen LogP contribution in [0.25, 0.3) is 38.2 Å². The average Bonchev–Trinajstić information content (AvgIpc) is 4.10. The van der Waals surface area contributed by atoms with Crippen molar-refractivity contribution in [2.75, 3.05) is 14.7 Å². The molecular formula is C70H62N4. The Morgan fingerprint density at radius 2 is 0.784 bits per heavy atom. The minimum Gasteiger partial charge on any atom is -0.314 e. The van der Waals surface area contributed by atoms with Crippen LogP contribution in [0.4, 0.5) is 45.5 Å². The predicted octanol–water partition coefficient (Wildman–Crippen LogP) is 19.3. The summed E-state index contributed by atoms with van der Waals surface area (Å²) >= 11 is 0. The number of aromatic nitrogens is 1. The van der Waals surface area contributed by atoms with Gasteiger partial charge in [-0.3, -0.25) is 4.98 Å². The lowest BCUT2D eigenvalue weighted by molar-refractivity contribution is 0.665. The number of nitrogens with zero attached hydrogens (tertiary/aromatic N) is 4. The monoisotopic (exact) mass is 958 g/mol. The van der Waals surface area contributed by atoms with E-state index in [0.717, 1.165) is 63.1 Å². The summed E-state index contributed by atoms with van der Waals surface area (Å²) in [7, 11) is 0. The number of pyridine rings is 1. The highest BCUT2D eigenvalue weighted by atomic mass is 15.2. The van der Waals surface area contributed by atoms with Crippen LogP contribution in [0.5, 0.6) is 0 Å². The minimum absolute atomic E-state index is 0.00642. The Morgan fingerprint density at radius 1 is 0.392 bits per heavy atom. The second kappa shape index (κ2) is 18.5. The summed E-state index contributed by atoms with van der Waals surface area (Å²) < 4.78 is 0. The summed E-state index contributed by atoms with van der Waals surface area (Å²) in [5, 5.41) is 4.94. The van der Waals surface area contributed by atoms with Gasteiger partial charge in [-0.05, 0) is 196 Å². The van der Waals surface area contributed by atoms with Crippen LogP contribution in [0.2, 0.25) is 0 Å². The van der Waals surface area contributed by atoms with Gasteiger partial charge in [0.15, 0.2) is 0 Å². The van der Waals surface area contributed by atoms with Crippen molar-refractivity contribution < 1.29 is 0 Å². The van der Waals surface area contributed by atoms with E-state index in [-0.39, 0.29) is 5.41 Å². The molecule has 362 valence electrons. The molecule has 1 aromatic heterocycles. The molecule has 1 heterocycles. The molecule has 0 bridgehead atoms. The van der Waals surface area contributed by atoms with Gasteiger partial charge in [0.25, 0.3) is 0 Å². The molecule has 9 aromatic carbocycles. The van der Waals surface area contributed by atoms with E-state index < -0.39 is 0 Å². The number of fused-ring (bicyclic) bond motifs is 3. The van der Waals surface area contributed by atoms with Crippen LogP contribution in [0.3, 0.4) is 0 Å². The predicted molar refractivity (Wildman–Crippen MR) is 315 cm³/mol. The molecule has 2 atom stereocenters. The van der Waals surface area contributed by atoms with Crippen molar-refractivity contribution in [1.29, 1.82) is 0 Å². The Labute approximate surface area is 437 Å².